The second kappa shape index (κ2) is 7.64. The van der Waals surface area contributed by atoms with Gasteiger partial charge < -0.3 is 14.2 Å². The van der Waals surface area contributed by atoms with Gasteiger partial charge in [0.05, 0.1) is 17.1 Å². The van der Waals surface area contributed by atoms with Gasteiger partial charge in [0.25, 0.3) is 11.1 Å². The molecule has 3 rings (SSSR count). The Labute approximate surface area is 152 Å². The Kier molecular flexibility index (Phi) is 5.51. The number of nitrogens with one attached hydrogen (secondary N) is 1. The highest BCUT2D eigenvalue weighted by Gasteiger charge is 2.30. The molecule has 0 spiro atoms. The van der Waals surface area contributed by atoms with E-state index in [9.17, 15) is 4.79 Å². The SMILES string of the molecule is Cc1occc1-c1nnc(S[C@H](C)C(=O)N[C@@H]2CCC[C@H](C)[C@@H]2C)o1. The van der Waals surface area contributed by atoms with E-state index in [0.717, 1.165) is 17.7 Å². The van der Waals surface area contributed by atoms with E-state index >= 15 is 0 Å². The smallest absolute Gasteiger partial charge is 0.277 e. The minimum Gasteiger partial charge on any atom is -0.469 e. The molecular formula is C18H25N3O3S. The van der Waals surface area contributed by atoms with E-state index < -0.39 is 0 Å². The van der Waals surface area contributed by atoms with E-state index in [-0.39, 0.29) is 17.2 Å². The first-order valence-corrected chi connectivity index (χ1v) is 9.68. The molecule has 0 saturated heterocycles. The van der Waals surface area contributed by atoms with Gasteiger partial charge in [0.15, 0.2) is 0 Å². The van der Waals surface area contributed by atoms with Crippen molar-refractivity contribution in [2.45, 2.75) is 63.5 Å². The number of carbonyl (C=O) groups excluding carboxylic acids is 1. The van der Waals surface area contributed by atoms with E-state index in [1.54, 1.807) is 12.3 Å². The van der Waals surface area contributed by atoms with Gasteiger partial charge in [-0.25, -0.2) is 0 Å². The molecule has 1 saturated carbocycles. The number of aryl methyl sites for hydroxylation is 1. The molecule has 136 valence electrons. The molecule has 0 aromatic carbocycles. The summed E-state index contributed by atoms with van der Waals surface area (Å²) in [4.78, 5) is 12.5. The van der Waals surface area contributed by atoms with Crippen LogP contribution in [0.5, 0.6) is 0 Å². The van der Waals surface area contributed by atoms with Gasteiger partial charge in [-0.15, -0.1) is 10.2 Å². The minimum atomic E-state index is -0.289. The summed E-state index contributed by atoms with van der Waals surface area (Å²) in [6, 6.07) is 2.05. The van der Waals surface area contributed by atoms with Crippen molar-refractivity contribution in [2.24, 2.45) is 11.8 Å². The van der Waals surface area contributed by atoms with E-state index in [2.05, 4.69) is 29.4 Å². The summed E-state index contributed by atoms with van der Waals surface area (Å²) >= 11 is 1.28. The van der Waals surface area contributed by atoms with Crippen LogP contribution in [0.15, 0.2) is 26.4 Å². The first kappa shape index (κ1) is 18.0. The van der Waals surface area contributed by atoms with Crippen LogP contribution >= 0.6 is 11.8 Å². The average Bonchev–Trinajstić information content (AvgIpc) is 3.20. The molecule has 2 aromatic rings. The van der Waals surface area contributed by atoms with Gasteiger partial charge in [0, 0.05) is 6.04 Å². The quantitative estimate of drug-likeness (QED) is 0.807. The molecule has 6 nitrogen and oxygen atoms in total. The Morgan fingerprint density at radius 2 is 2.16 bits per heavy atom. The van der Waals surface area contributed by atoms with Gasteiger partial charge in [-0.3, -0.25) is 4.79 Å². The van der Waals surface area contributed by atoms with Gasteiger partial charge in [0.2, 0.25) is 5.91 Å². The number of aromatic nitrogens is 2. The second-order valence-electron chi connectivity index (χ2n) is 6.91. The van der Waals surface area contributed by atoms with Crippen molar-refractivity contribution in [3.63, 3.8) is 0 Å². The third-order valence-electron chi connectivity index (χ3n) is 5.18. The lowest BCUT2D eigenvalue weighted by molar-refractivity contribution is -0.121. The summed E-state index contributed by atoms with van der Waals surface area (Å²) in [7, 11) is 0. The molecule has 25 heavy (non-hydrogen) atoms. The van der Waals surface area contributed by atoms with Crippen LogP contribution in [0.4, 0.5) is 0 Å². The molecule has 0 aliphatic heterocycles. The molecule has 0 bridgehead atoms. The van der Waals surface area contributed by atoms with Crippen LogP contribution in [0.3, 0.4) is 0 Å². The van der Waals surface area contributed by atoms with E-state index in [1.807, 2.05) is 13.8 Å². The zero-order chi connectivity index (χ0) is 18.0. The molecule has 4 atom stereocenters. The van der Waals surface area contributed by atoms with E-state index in [4.69, 9.17) is 8.83 Å². The van der Waals surface area contributed by atoms with E-state index in [1.165, 1.54) is 24.6 Å². The van der Waals surface area contributed by atoms with Gasteiger partial charge >= 0.3 is 0 Å². The van der Waals surface area contributed by atoms with Crippen LogP contribution in [-0.4, -0.2) is 27.4 Å². The Morgan fingerprint density at radius 1 is 1.36 bits per heavy atom. The normalized spacial score (nSPS) is 24.9. The maximum atomic E-state index is 12.5. The molecule has 2 aromatic heterocycles. The fourth-order valence-corrected chi connectivity index (χ4v) is 3.96. The third kappa shape index (κ3) is 4.08. The van der Waals surface area contributed by atoms with Crippen molar-refractivity contribution in [3.8, 4) is 11.5 Å². The number of furan rings is 1. The monoisotopic (exact) mass is 363 g/mol. The first-order valence-electron chi connectivity index (χ1n) is 8.80. The lowest BCUT2D eigenvalue weighted by atomic mass is 9.78. The zero-order valence-electron chi connectivity index (χ0n) is 15.1. The molecule has 1 amide bonds. The first-order chi connectivity index (χ1) is 12.0. The van der Waals surface area contributed by atoms with Crippen LogP contribution in [0.2, 0.25) is 0 Å². The number of hydrogen-bond acceptors (Lipinski definition) is 6. The summed E-state index contributed by atoms with van der Waals surface area (Å²) in [6.45, 7) is 8.20. The molecule has 0 radical (unpaired) electrons. The Balaban J connectivity index is 1.58. The molecular weight excluding hydrogens is 338 g/mol. The summed E-state index contributed by atoms with van der Waals surface area (Å²) < 4.78 is 10.9. The van der Waals surface area contributed by atoms with Gasteiger partial charge in [0.1, 0.15) is 5.76 Å². The number of amides is 1. The Morgan fingerprint density at radius 3 is 2.88 bits per heavy atom. The number of rotatable bonds is 5. The summed E-state index contributed by atoms with van der Waals surface area (Å²) in [5.41, 5.74) is 0.779. The maximum Gasteiger partial charge on any atom is 0.277 e. The van der Waals surface area contributed by atoms with Crippen LogP contribution in [0, 0.1) is 18.8 Å². The lowest BCUT2D eigenvalue weighted by Crippen LogP contribution is -2.46. The largest absolute Gasteiger partial charge is 0.469 e. The van der Waals surface area contributed by atoms with Crippen molar-refractivity contribution >= 4 is 17.7 Å². The summed E-state index contributed by atoms with van der Waals surface area (Å²) in [5.74, 6) is 2.32. The number of hydrogen-bond donors (Lipinski definition) is 1. The van der Waals surface area contributed by atoms with Crippen molar-refractivity contribution in [1.82, 2.24) is 15.5 Å². The topological polar surface area (TPSA) is 81.2 Å². The van der Waals surface area contributed by atoms with Crippen LogP contribution in [0.1, 0.15) is 45.8 Å². The fourth-order valence-electron chi connectivity index (χ4n) is 3.26. The second-order valence-corrected chi connectivity index (χ2v) is 8.20. The fraction of sp³-hybridized carbons (Fsp3) is 0.611. The molecule has 0 unspecified atom stereocenters. The van der Waals surface area contributed by atoms with Gasteiger partial charge in [-0.05, 0) is 38.2 Å². The van der Waals surface area contributed by atoms with Crippen molar-refractivity contribution in [3.05, 3.63) is 18.1 Å². The molecule has 7 heteroatoms. The summed E-state index contributed by atoms with van der Waals surface area (Å²) in [6.07, 6.45) is 5.06. The lowest BCUT2D eigenvalue weighted by Gasteiger charge is -2.35. The average molecular weight is 363 g/mol. The molecule has 2 heterocycles. The molecule has 1 aliphatic rings. The predicted molar refractivity (Wildman–Crippen MR) is 96.2 cm³/mol. The predicted octanol–water partition coefficient (Wildman–Crippen LogP) is 4.06. The summed E-state index contributed by atoms with van der Waals surface area (Å²) in [5, 5.41) is 11.4. The Bertz CT molecular complexity index is 727. The maximum absolute atomic E-state index is 12.5. The third-order valence-corrected chi connectivity index (χ3v) is 6.11. The van der Waals surface area contributed by atoms with Crippen LogP contribution in [-0.2, 0) is 4.79 Å². The van der Waals surface area contributed by atoms with Gasteiger partial charge in [-0.1, -0.05) is 38.5 Å². The highest BCUT2D eigenvalue weighted by Crippen LogP contribution is 2.31. The van der Waals surface area contributed by atoms with Gasteiger partial charge in [-0.2, -0.15) is 0 Å². The standard InChI is InChI=1S/C18H25N3O3S/c1-10-6-5-7-15(11(10)2)19-16(22)13(4)25-18-21-20-17(24-18)14-8-9-23-12(14)3/h8-11,13,15H,5-7H2,1-4H3,(H,19,22)/t10-,11-,13+,15+/m0/s1. The Hall–Kier alpha value is -1.76. The van der Waals surface area contributed by atoms with Crippen molar-refractivity contribution in [1.29, 1.82) is 0 Å². The molecule has 1 aliphatic carbocycles. The highest BCUT2D eigenvalue weighted by atomic mass is 32.2. The molecule has 1 fully saturated rings. The minimum absolute atomic E-state index is 0.0233. The number of nitrogens with zero attached hydrogens (tertiary/aromatic N) is 2. The van der Waals surface area contributed by atoms with Crippen molar-refractivity contribution < 1.29 is 13.6 Å². The van der Waals surface area contributed by atoms with Crippen LogP contribution < -0.4 is 5.32 Å². The van der Waals surface area contributed by atoms with E-state index in [0.29, 0.717) is 22.9 Å². The zero-order valence-corrected chi connectivity index (χ0v) is 15.9. The number of carbonyl (C=O) groups is 1. The molecule has 1 N–H and O–H groups in total. The van der Waals surface area contributed by atoms with Crippen LogP contribution in [0.25, 0.3) is 11.5 Å². The number of thioether (sulfide) groups is 1. The highest BCUT2D eigenvalue weighted by molar-refractivity contribution is 8.00. The van der Waals surface area contributed by atoms with Crippen molar-refractivity contribution in [2.75, 3.05) is 0 Å².